The summed E-state index contributed by atoms with van der Waals surface area (Å²) in [5, 5.41) is 2.99. The summed E-state index contributed by atoms with van der Waals surface area (Å²) in [5.41, 5.74) is -0.429. The van der Waals surface area contributed by atoms with Crippen LogP contribution in [0, 0.1) is 0 Å². The highest BCUT2D eigenvalue weighted by Crippen LogP contribution is 2.14. The number of hydrogen-bond donors (Lipinski definition) is 1. The lowest BCUT2D eigenvalue weighted by Gasteiger charge is -2.27. The van der Waals surface area contributed by atoms with Crippen molar-refractivity contribution in [2.24, 2.45) is 0 Å². The fraction of sp³-hybridized carbons (Fsp3) is 0.800. The van der Waals surface area contributed by atoms with Crippen LogP contribution < -0.4 is 5.32 Å². The Hall–Kier alpha value is -1.10. The molecule has 0 radical (unpaired) electrons. The Balaban J connectivity index is 4.18. The van der Waals surface area contributed by atoms with Crippen LogP contribution in [0.2, 0.25) is 0 Å². The summed E-state index contributed by atoms with van der Waals surface area (Å²) < 4.78 is 9.09. The maximum Gasteiger partial charge on any atom is 0.319 e. The highest BCUT2D eigenvalue weighted by molar-refractivity contribution is 5.72. The van der Waals surface area contributed by atoms with E-state index in [1.54, 1.807) is 0 Å². The Labute approximate surface area is 90.1 Å². The normalized spacial score (nSPS) is 14.1. The molecular weight excluding hydrogens is 198 g/mol. The molecule has 0 bridgehead atoms. The fourth-order valence-electron chi connectivity index (χ4n) is 1.06. The maximum atomic E-state index is 11.1. The van der Waals surface area contributed by atoms with E-state index >= 15 is 0 Å². The highest BCUT2D eigenvalue weighted by atomic mass is 16.5. The van der Waals surface area contributed by atoms with Gasteiger partial charge < -0.3 is 14.8 Å². The highest BCUT2D eigenvalue weighted by Gasteiger charge is 2.26. The van der Waals surface area contributed by atoms with Gasteiger partial charge in [-0.1, -0.05) is 6.92 Å². The second-order valence-corrected chi connectivity index (χ2v) is 3.60. The molecular formula is C10H19NO4. The summed E-state index contributed by atoms with van der Waals surface area (Å²) in [6.07, 6.45) is 0.954. The van der Waals surface area contributed by atoms with Gasteiger partial charge in [0, 0.05) is 5.54 Å². The minimum atomic E-state index is -0.429. The Bertz CT molecular complexity index is 229. The number of carbonyl (C=O) groups excluding carboxylic acids is 2. The van der Waals surface area contributed by atoms with E-state index < -0.39 is 5.54 Å². The Morgan fingerprint density at radius 2 is 1.73 bits per heavy atom. The van der Waals surface area contributed by atoms with Crippen molar-refractivity contribution < 1.29 is 19.1 Å². The van der Waals surface area contributed by atoms with E-state index in [2.05, 4.69) is 14.8 Å². The molecule has 5 heteroatoms. The monoisotopic (exact) mass is 217 g/mol. The molecule has 0 aliphatic carbocycles. The number of methoxy groups -OCH3 is 2. The molecule has 0 aromatic heterocycles. The molecule has 0 aliphatic heterocycles. The number of carbonyl (C=O) groups is 2. The van der Waals surface area contributed by atoms with Crippen molar-refractivity contribution in [2.75, 3.05) is 20.8 Å². The fourth-order valence-corrected chi connectivity index (χ4v) is 1.06. The molecule has 0 rings (SSSR count). The first kappa shape index (κ1) is 13.9. The zero-order valence-corrected chi connectivity index (χ0v) is 9.75. The van der Waals surface area contributed by atoms with Gasteiger partial charge in [0.25, 0.3) is 0 Å². The van der Waals surface area contributed by atoms with E-state index in [1.165, 1.54) is 14.2 Å². The molecule has 0 saturated heterocycles. The average Bonchev–Trinajstić information content (AvgIpc) is 2.25. The van der Waals surface area contributed by atoms with Gasteiger partial charge in [0.2, 0.25) is 0 Å². The lowest BCUT2D eigenvalue weighted by Crippen LogP contribution is -2.46. The van der Waals surface area contributed by atoms with E-state index in [9.17, 15) is 9.59 Å². The van der Waals surface area contributed by atoms with Crippen LogP contribution in [-0.2, 0) is 19.1 Å². The third-order valence-corrected chi connectivity index (χ3v) is 2.43. The van der Waals surface area contributed by atoms with Gasteiger partial charge in [-0.3, -0.25) is 9.59 Å². The molecule has 0 spiro atoms. The smallest absolute Gasteiger partial charge is 0.319 e. The van der Waals surface area contributed by atoms with Crippen molar-refractivity contribution in [1.29, 1.82) is 0 Å². The molecule has 0 aliphatic rings. The van der Waals surface area contributed by atoms with Crippen LogP contribution in [0.25, 0.3) is 0 Å². The number of hydrogen-bond acceptors (Lipinski definition) is 5. The van der Waals surface area contributed by atoms with E-state index in [-0.39, 0.29) is 24.9 Å². The van der Waals surface area contributed by atoms with Gasteiger partial charge in [0.1, 0.15) is 0 Å². The summed E-state index contributed by atoms with van der Waals surface area (Å²) >= 11 is 0. The first-order chi connectivity index (χ1) is 6.97. The third kappa shape index (κ3) is 5.37. The Morgan fingerprint density at radius 3 is 2.13 bits per heavy atom. The molecule has 88 valence electrons. The average molecular weight is 217 g/mol. The Kier molecular flexibility index (Phi) is 5.93. The van der Waals surface area contributed by atoms with E-state index in [4.69, 9.17) is 0 Å². The summed E-state index contributed by atoms with van der Waals surface area (Å²) in [6.45, 7) is 3.90. The van der Waals surface area contributed by atoms with Crippen LogP contribution in [0.5, 0.6) is 0 Å². The predicted molar refractivity (Wildman–Crippen MR) is 55.3 cm³/mol. The van der Waals surface area contributed by atoms with Crippen molar-refractivity contribution in [2.45, 2.75) is 32.2 Å². The standard InChI is InChI=1S/C10H19NO4/c1-5-10(2,6-8(12)14-3)11-7-9(13)15-4/h11H,5-7H2,1-4H3/t10-/m0/s1. The molecule has 1 N–H and O–H groups in total. The van der Waals surface area contributed by atoms with Gasteiger partial charge in [0.15, 0.2) is 0 Å². The van der Waals surface area contributed by atoms with Crippen molar-refractivity contribution in [1.82, 2.24) is 5.32 Å². The molecule has 0 fully saturated rings. The van der Waals surface area contributed by atoms with E-state index in [0.29, 0.717) is 0 Å². The van der Waals surface area contributed by atoms with Crippen LogP contribution in [0.3, 0.4) is 0 Å². The quantitative estimate of drug-likeness (QED) is 0.656. The molecule has 0 saturated carbocycles. The summed E-state index contributed by atoms with van der Waals surface area (Å²) in [6, 6.07) is 0. The number of esters is 2. The van der Waals surface area contributed by atoms with Crippen molar-refractivity contribution in [3.8, 4) is 0 Å². The molecule has 0 unspecified atom stereocenters. The van der Waals surface area contributed by atoms with Crippen LogP contribution in [0.4, 0.5) is 0 Å². The van der Waals surface area contributed by atoms with E-state index in [0.717, 1.165) is 6.42 Å². The predicted octanol–water partition coefficient (Wildman–Crippen LogP) is 0.481. The summed E-state index contributed by atoms with van der Waals surface area (Å²) in [7, 11) is 2.67. The van der Waals surface area contributed by atoms with Crippen LogP contribution in [-0.4, -0.2) is 38.2 Å². The first-order valence-electron chi connectivity index (χ1n) is 4.86. The number of ether oxygens (including phenoxy) is 2. The molecule has 0 aromatic carbocycles. The van der Waals surface area contributed by atoms with Gasteiger partial charge >= 0.3 is 11.9 Å². The van der Waals surface area contributed by atoms with Gasteiger partial charge in [-0.15, -0.1) is 0 Å². The maximum absolute atomic E-state index is 11.1. The van der Waals surface area contributed by atoms with Gasteiger partial charge in [-0.2, -0.15) is 0 Å². The lowest BCUT2D eigenvalue weighted by atomic mass is 9.94. The van der Waals surface area contributed by atoms with Crippen LogP contribution in [0.15, 0.2) is 0 Å². The van der Waals surface area contributed by atoms with Crippen LogP contribution in [0.1, 0.15) is 26.7 Å². The minimum Gasteiger partial charge on any atom is -0.469 e. The second-order valence-electron chi connectivity index (χ2n) is 3.60. The largest absolute Gasteiger partial charge is 0.469 e. The topological polar surface area (TPSA) is 64.6 Å². The Morgan fingerprint density at radius 1 is 1.20 bits per heavy atom. The molecule has 0 heterocycles. The van der Waals surface area contributed by atoms with Crippen molar-refractivity contribution in [3.63, 3.8) is 0 Å². The molecule has 0 amide bonds. The molecule has 5 nitrogen and oxygen atoms in total. The zero-order valence-electron chi connectivity index (χ0n) is 9.75. The number of nitrogens with one attached hydrogen (secondary N) is 1. The van der Waals surface area contributed by atoms with Crippen molar-refractivity contribution >= 4 is 11.9 Å². The summed E-state index contributed by atoms with van der Waals surface area (Å²) in [4.78, 5) is 22.1. The van der Waals surface area contributed by atoms with Gasteiger partial charge in [-0.05, 0) is 13.3 Å². The zero-order chi connectivity index (χ0) is 11.9. The first-order valence-corrected chi connectivity index (χ1v) is 4.86. The molecule has 1 atom stereocenters. The summed E-state index contributed by atoms with van der Waals surface area (Å²) in [5.74, 6) is -0.642. The minimum absolute atomic E-state index is 0.0951. The second kappa shape index (κ2) is 6.40. The SMILES string of the molecule is CC[C@@](C)(CC(=O)OC)NCC(=O)OC. The van der Waals surface area contributed by atoms with E-state index in [1.807, 2.05) is 13.8 Å². The lowest BCUT2D eigenvalue weighted by molar-refractivity contribution is -0.144. The molecule has 0 aromatic rings. The van der Waals surface area contributed by atoms with Gasteiger partial charge in [-0.25, -0.2) is 0 Å². The third-order valence-electron chi connectivity index (χ3n) is 2.43. The van der Waals surface area contributed by atoms with Gasteiger partial charge in [0.05, 0.1) is 27.2 Å². The number of rotatable bonds is 6. The van der Waals surface area contributed by atoms with Crippen LogP contribution >= 0.6 is 0 Å². The molecule has 15 heavy (non-hydrogen) atoms. The van der Waals surface area contributed by atoms with Crippen molar-refractivity contribution in [3.05, 3.63) is 0 Å².